The highest BCUT2D eigenvalue weighted by molar-refractivity contribution is 6.31. The van der Waals surface area contributed by atoms with Gasteiger partial charge in [-0.15, -0.1) is 0 Å². The van der Waals surface area contributed by atoms with E-state index in [9.17, 15) is 0 Å². The lowest BCUT2D eigenvalue weighted by atomic mass is 10.3. The van der Waals surface area contributed by atoms with Gasteiger partial charge in [-0.25, -0.2) is 4.98 Å². The highest BCUT2D eigenvalue weighted by Gasteiger charge is 2.02. The Morgan fingerprint density at radius 2 is 2.33 bits per heavy atom. The second-order valence-corrected chi connectivity index (χ2v) is 3.73. The molecule has 1 N–H and O–H groups in total. The zero-order chi connectivity index (χ0) is 10.7. The Morgan fingerprint density at radius 3 is 3.13 bits per heavy atom. The number of aromatic nitrogens is 2. The van der Waals surface area contributed by atoms with Crippen molar-refractivity contribution in [2.75, 3.05) is 13.2 Å². The molecule has 0 aliphatic heterocycles. The fourth-order valence-electron chi connectivity index (χ4n) is 1.47. The third kappa shape index (κ3) is 2.49. The summed E-state index contributed by atoms with van der Waals surface area (Å²) in [5.74, 6) is 0.945. The second kappa shape index (κ2) is 4.64. The minimum absolute atomic E-state index is 0.698. The standard InChI is InChI=1S/C11H13ClN2O/c1-2-15-6-5-11-13-9-4-3-8(12)7-10(9)14-11/h3-4,7H,2,5-6H2,1H3,(H,13,14). The molecule has 0 saturated carbocycles. The molecule has 0 amide bonds. The Morgan fingerprint density at radius 1 is 1.47 bits per heavy atom. The molecule has 0 unspecified atom stereocenters. The first-order valence-electron chi connectivity index (χ1n) is 5.01. The molecule has 0 saturated heterocycles. The first-order valence-corrected chi connectivity index (χ1v) is 5.39. The van der Waals surface area contributed by atoms with Crippen molar-refractivity contribution in [2.45, 2.75) is 13.3 Å². The van der Waals surface area contributed by atoms with Gasteiger partial charge in [0.1, 0.15) is 5.82 Å². The van der Waals surface area contributed by atoms with Crippen molar-refractivity contribution in [3.05, 3.63) is 29.0 Å². The third-order valence-corrected chi connectivity index (χ3v) is 2.42. The Labute approximate surface area is 93.4 Å². The Balaban J connectivity index is 2.16. The average molecular weight is 225 g/mol. The first kappa shape index (κ1) is 10.5. The first-order chi connectivity index (χ1) is 7.29. The molecular weight excluding hydrogens is 212 g/mol. The predicted molar refractivity (Wildman–Crippen MR) is 61.3 cm³/mol. The van der Waals surface area contributed by atoms with Crippen molar-refractivity contribution in [1.29, 1.82) is 0 Å². The van der Waals surface area contributed by atoms with Gasteiger partial charge in [0.25, 0.3) is 0 Å². The fraction of sp³-hybridized carbons (Fsp3) is 0.364. The minimum atomic E-state index is 0.698. The summed E-state index contributed by atoms with van der Waals surface area (Å²) in [6.07, 6.45) is 0.806. The van der Waals surface area contributed by atoms with Crippen LogP contribution in [-0.4, -0.2) is 23.2 Å². The zero-order valence-corrected chi connectivity index (χ0v) is 9.34. The Kier molecular flexibility index (Phi) is 3.23. The van der Waals surface area contributed by atoms with Crippen molar-refractivity contribution in [3.8, 4) is 0 Å². The number of fused-ring (bicyclic) bond motifs is 1. The smallest absolute Gasteiger partial charge is 0.109 e. The van der Waals surface area contributed by atoms with Crippen LogP contribution in [-0.2, 0) is 11.2 Å². The number of H-pyrrole nitrogens is 1. The molecule has 0 spiro atoms. The van der Waals surface area contributed by atoms with E-state index in [0.717, 1.165) is 34.9 Å². The summed E-state index contributed by atoms with van der Waals surface area (Å²) in [7, 11) is 0. The van der Waals surface area contributed by atoms with Crippen molar-refractivity contribution in [1.82, 2.24) is 9.97 Å². The monoisotopic (exact) mass is 224 g/mol. The van der Waals surface area contributed by atoms with Crippen LogP contribution in [0.1, 0.15) is 12.7 Å². The fourth-order valence-corrected chi connectivity index (χ4v) is 1.64. The maximum atomic E-state index is 5.88. The summed E-state index contributed by atoms with van der Waals surface area (Å²) in [6, 6.07) is 5.64. The van der Waals surface area contributed by atoms with Gasteiger partial charge in [0.05, 0.1) is 17.6 Å². The van der Waals surface area contributed by atoms with E-state index >= 15 is 0 Å². The summed E-state index contributed by atoms with van der Waals surface area (Å²) in [6.45, 7) is 3.43. The molecule has 0 aliphatic carbocycles. The van der Waals surface area contributed by atoms with E-state index in [1.165, 1.54) is 0 Å². The molecule has 1 aromatic carbocycles. The van der Waals surface area contributed by atoms with Crippen LogP contribution in [0, 0.1) is 0 Å². The van der Waals surface area contributed by atoms with E-state index in [-0.39, 0.29) is 0 Å². The maximum absolute atomic E-state index is 5.88. The molecule has 0 radical (unpaired) electrons. The number of benzene rings is 1. The van der Waals surface area contributed by atoms with Gasteiger partial charge < -0.3 is 9.72 Å². The van der Waals surface area contributed by atoms with Gasteiger partial charge >= 0.3 is 0 Å². The molecular formula is C11H13ClN2O. The average Bonchev–Trinajstić information content (AvgIpc) is 2.60. The predicted octanol–water partition coefficient (Wildman–Crippen LogP) is 2.80. The maximum Gasteiger partial charge on any atom is 0.109 e. The number of aromatic amines is 1. The normalized spacial score (nSPS) is 11.1. The molecule has 2 rings (SSSR count). The van der Waals surface area contributed by atoms with Gasteiger partial charge in [0, 0.05) is 18.1 Å². The Hall–Kier alpha value is -1.06. The lowest BCUT2D eigenvalue weighted by Gasteiger charge is -1.96. The van der Waals surface area contributed by atoms with Crippen LogP contribution < -0.4 is 0 Å². The van der Waals surface area contributed by atoms with Gasteiger partial charge in [0.2, 0.25) is 0 Å². The van der Waals surface area contributed by atoms with Gasteiger partial charge in [-0.05, 0) is 25.1 Å². The molecule has 1 heterocycles. The van der Waals surface area contributed by atoms with Crippen LogP contribution in [0.5, 0.6) is 0 Å². The molecule has 3 nitrogen and oxygen atoms in total. The van der Waals surface area contributed by atoms with Crippen LogP contribution in [0.2, 0.25) is 5.02 Å². The van der Waals surface area contributed by atoms with Crippen LogP contribution in [0.15, 0.2) is 18.2 Å². The van der Waals surface area contributed by atoms with Gasteiger partial charge in [-0.1, -0.05) is 11.6 Å². The molecule has 1 aromatic heterocycles. The SMILES string of the molecule is CCOCCc1nc2ccc(Cl)cc2[nH]1. The highest BCUT2D eigenvalue weighted by Crippen LogP contribution is 2.17. The molecule has 15 heavy (non-hydrogen) atoms. The summed E-state index contributed by atoms with van der Waals surface area (Å²) in [5.41, 5.74) is 1.93. The van der Waals surface area contributed by atoms with Crippen LogP contribution in [0.4, 0.5) is 0 Å². The van der Waals surface area contributed by atoms with Gasteiger partial charge in [-0.2, -0.15) is 0 Å². The number of hydrogen-bond donors (Lipinski definition) is 1. The number of ether oxygens (including phenoxy) is 1. The number of nitrogens with one attached hydrogen (secondary N) is 1. The van der Waals surface area contributed by atoms with E-state index < -0.39 is 0 Å². The summed E-state index contributed by atoms with van der Waals surface area (Å²) in [5, 5.41) is 0.725. The highest BCUT2D eigenvalue weighted by atomic mass is 35.5. The van der Waals surface area contributed by atoms with E-state index in [1.54, 1.807) is 0 Å². The molecule has 0 fully saturated rings. The van der Waals surface area contributed by atoms with Crippen molar-refractivity contribution >= 4 is 22.6 Å². The van der Waals surface area contributed by atoms with Crippen molar-refractivity contribution in [3.63, 3.8) is 0 Å². The second-order valence-electron chi connectivity index (χ2n) is 3.29. The van der Waals surface area contributed by atoms with Crippen LogP contribution in [0.3, 0.4) is 0 Å². The minimum Gasteiger partial charge on any atom is -0.381 e. The number of nitrogens with zero attached hydrogens (tertiary/aromatic N) is 1. The number of halogens is 1. The quantitative estimate of drug-likeness (QED) is 0.811. The number of imidazole rings is 1. The number of rotatable bonds is 4. The van der Waals surface area contributed by atoms with Crippen molar-refractivity contribution in [2.24, 2.45) is 0 Å². The lowest BCUT2D eigenvalue weighted by Crippen LogP contribution is -1.99. The largest absolute Gasteiger partial charge is 0.381 e. The van der Waals surface area contributed by atoms with Crippen LogP contribution >= 0.6 is 11.6 Å². The Bertz CT molecular complexity index is 453. The topological polar surface area (TPSA) is 37.9 Å². The number of hydrogen-bond acceptors (Lipinski definition) is 2. The molecule has 0 atom stereocenters. The van der Waals surface area contributed by atoms with E-state index in [0.29, 0.717) is 6.61 Å². The van der Waals surface area contributed by atoms with Gasteiger partial charge in [-0.3, -0.25) is 0 Å². The molecule has 80 valence electrons. The van der Waals surface area contributed by atoms with Crippen LogP contribution in [0.25, 0.3) is 11.0 Å². The zero-order valence-electron chi connectivity index (χ0n) is 8.59. The molecule has 0 aliphatic rings. The van der Waals surface area contributed by atoms with Gasteiger partial charge in [0.15, 0.2) is 0 Å². The summed E-state index contributed by atoms with van der Waals surface area (Å²) in [4.78, 5) is 7.65. The van der Waals surface area contributed by atoms with E-state index in [4.69, 9.17) is 16.3 Å². The molecule has 4 heteroatoms. The molecule has 0 bridgehead atoms. The van der Waals surface area contributed by atoms with Crippen molar-refractivity contribution < 1.29 is 4.74 Å². The summed E-state index contributed by atoms with van der Waals surface area (Å²) < 4.78 is 5.27. The van der Waals surface area contributed by atoms with E-state index in [2.05, 4.69) is 9.97 Å². The van der Waals surface area contributed by atoms with E-state index in [1.807, 2.05) is 25.1 Å². The lowest BCUT2D eigenvalue weighted by molar-refractivity contribution is 0.149. The third-order valence-electron chi connectivity index (χ3n) is 2.18. The molecule has 2 aromatic rings. The summed E-state index contributed by atoms with van der Waals surface area (Å²) >= 11 is 5.88.